The van der Waals surface area contributed by atoms with E-state index in [1.807, 2.05) is 12.1 Å². The van der Waals surface area contributed by atoms with Gasteiger partial charge in [-0.15, -0.1) is 12.4 Å². The molecule has 1 aliphatic carbocycles. The number of halogens is 1. The first kappa shape index (κ1) is 12.6. The van der Waals surface area contributed by atoms with Crippen molar-refractivity contribution in [3.63, 3.8) is 0 Å². The van der Waals surface area contributed by atoms with Crippen LogP contribution in [0.1, 0.15) is 34.8 Å². The lowest BCUT2D eigenvalue weighted by Crippen LogP contribution is -1.98. The number of rotatable bonds is 3. The van der Waals surface area contributed by atoms with Crippen molar-refractivity contribution >= 4 is 18.4 Å². The lowest BCUT2D eigenvalue weighted by molar-refractivity contribution is 0.0697. The summed E-state index contributed by atoms with van der Waals surface area (Å²) in [6.45, 7) is 0. The van der Waals surface area contributed by atoms with Gasteiger partial charge in [0.2, 0.25) is 0 Å². The van der Waals surface area contributed by atoms with Gasteiger partial charge in [-0.2, -0.15) is 5.10 Å². The normalized spacial score (nSPS) is 14.0. The number of nitrogens with one attached hydrogen (secondary N) is 1. The number of benzene rings is 1. The number of nitrogens with zero attached hydrogens (tertiary/aromatic N) is 1. The molecule has 2 N–H and O–H groups in total. The third-order valence-electron chi connectivity index (χ3n) is 3.05. The third-order valence-corrected chi connectivity index (χ3v) is 3.05. The first-order valence-electron chi connectivity index (χ1n) is 5.63. The number of aromatic nitrogens is 2. The van der Waals surface area contributed by atoms with Crippen LogP contribution in [0.2, 0.25) is 0 Å². The van der Waals surface area contributed by atoms with Crippen molar-refractivity contribution in [3.05, 3.63) is 41.6 Å². The van der Waals surface area contributed by atoms with Gasteiger partial charge in [-0.05, 0) is 25.0 Å². The molecule has 3 rings (SSSR count). The summed E-state index contributed by atoms with van der Waals surface area (Å²) >= 11 is 0. The van der Waals surface area contributed by atoms with Gasteiger partial charge in [-0.25, -0.2) is 4.79 Å². The van der Waals surface area contributed by atoms with E-state index in [0.717, 1.165) is 5.69 Å². The van der Waals surface area contributed by atoms with Crippen LogP contribution in [0, 0.1) is 0 Å². The van der Waals surface area contributed by atoms with Crippen molar-refractivity contribution in [3.8, 4) is 11.3 Å². The van der Waals surface area contributed by atoms with Crippen LogP contribution >= 0.6 is 12.4 Å². The monoisotopic (exact) mass is 264 g/mol. The summed E-state index contributed by atoms with van der Waals surface area (Å²) in [5.74, 6) is -0.329. The zero-order valence-electron chi connectivity index (χ0n) is 9.59. The van der Waals surface area contributed by atoms with Gasteiger partial charge in [0, 0.05) is 17.2 Å². The second-order valence-electron chi connectivity index (χ2n) is 4.33. The topological polar surface area (TPSA) is 66.0 Å². The van der Waals surface area contributed by atoms with Crippen molar-refractivity contribution in [2.24, 2.45) is 0 Å². The van der Waals surface area contributed by atoms with Crippen LogP contribution in [0.25, 0.3) is 11.3 Å². The molecular formula is C13H13ClN2O2. The summed E-state index contributed by atoms with van der Waals surface area (Å²) in [4.78, 5) is 11.1. The number of carboxylic acids is 1. The Kier molecular flexibility index (Phi) is 3.39. The zero-order valence-corrected chi connectivity index (χ0v) is 10.4. The molecule has 1 saturated carbocycles. The highest BCUT2D eigenvalue weighted by atomic mass is 35.5. The molecule has 2 aromatic rings. The van der Waals surface area contributed by atoms with E-state index in [1.165, 1.54) is 12.8 Å². The molecule has 0 radical (unpaired) electrons. The molecule has 5 heteroatoms. The first-order chi connectivity index (χ1) is 8.25. The van der Waals surface area contributed by atoms with Crippen LogP contribution in [-0.4, -0.2) is 21.3 Å². The van der Waals surface area contributed by atoms with Gasteiger partial charge in [0.25, 0.3) is 0 Å². The average molecular weight is 265 g/mol. The maximum absolute atomic E-state index is 11.1. The van der Waals surface area contributed by atoms with E-state index < -0.39 is 5.97 Å². The van der Waals surface area contributed by atoms with Crippen LogP contribution < -0.4 is 0 Å². The first-order valence-corrected chi connectivity index (χ1v) is 5.63. The van der Waals surface area contributed by atoms with Crippen molar-refractivity contribution in [2.75, 3.05) is 0 Å². The maximum atomic E-state index is 11.1. The van der Waals surface area contributed by atoms with Crippen LogP contribution in [0.3, 0.4) is 0 Å². The van der Waals surface area contributed by atoms with Gasteiger partial charge in [0.05, 0.1) is 11.3 Å². The fourth-order valence-corrected chi connectivity index (χ4v) is 1.97. The number of hydrogen-bond donors (Lipinski definition) is 2. The molecule has 18 heavy (non-hydrogen) atoms. The summed E-state index contributed by atoms with van der Waals surface area (Å²) in [7, 11) is 0. The highest BCUT2D eigenvalue weighted by Gasteiger charge is 2.26. The van der Waals surface area contributed by atoms with E-state index in [9.17, 15) is 4.79 Å². The summed E-state index contributed by atoms with van der Waals surface area (Å²) in [6.07, 6.45) is 2.39. The van der Waals surface area contributed by atoms with Crippen LogP contribution in [0.5, 0.6) is 0 Å². The van der Waals surface area contributed by atoms with E-state index in [-0.39, 0.29) is 12.4 Å². The van der Waals surface area contributed by atoms with Crippen LogP contribution in [0.15, 0.2) is 30.3 Å². The van der Waals surface area contributed by atoms with Crippen molar-refractivity contribution < 1.29 is 9.90 Å². The largest absolute Gasteiger partial charge is 0.478 e. The number of carbonyl (C=O) groups is 1. The fraction of sp³-hybridized carbons (Fsp3) is 0.231. The van der Waals surface area contributed by atoms with E-state index in [2.05, 4.69) is 10.2 Å². The standard InChI is InChI=1S/C13H12N2O2.ClH/c16-13(17)10-4-2-1-3-9(10)12-7-11(14-15-12)8-5-6-8;/h1-4,7-8H,5-6H2,(H,14,15)(H,16,17);1H. The second-order valence-corrected chi connectivity index (χ2v) is 4.33. The molecule has 0 aliphatic heterocycles. The summed E-state index contributed by atoms with van der Waals surface area (Å²) in [6, 6.07) is 8.90. The zero-order chi connectivity index (χ0) is 11.8. The lowest BCUT2D eigenvalue weighted by atomic mass is 10.0. The maximum Gasteiger partial charge on any atom is 0.336 e. The highest BCUT2D eigenvalue weighted by molar-refractivity contribution is 5.95. The molecule has 1 fully saturated rings. The van der Waals surface area contributed by atoms with Gasteiger partial charge in [0.15, 0.2) is 0 Å². The van der Waals surface area contributed by atoms with Crippen molar-refractivity contribution in [1.29, 1.82) is 0 Å². The number of aromatic carboxylic acids is 1. The molecule has 94 valence electrons. The minimum Gasteiger partial charge on any atom is -0.478 e. The van der Waals surface area contributed by atoms with Crippen molar-refractivity contribution in [2.45, 2.75) is 18.8 Å². The molecule has 0 saturated heterocycles. The average Bonchev–Trinajstić information content (AvgIpc) is 3.07. The molecule has 0 spiro atoms. The van der Waals surface area contributed by atoms with E-state index >= 15 is 0 Å². The Labute approximate surface area is 110 Å². The van der Waals surface area contributed by atoms with Gasteiger partial charge in [-0.1, -0.05) is 18.2 Å². The van der Waals surface area contributed by atoms with Gasteiger partial charge in [0.1, 0.15) is 0 Å². The van der Waals surface area contributed by atoms with Gasteiger partial charge in [-0.3, -0.25) is 5.10 Å². The molecule has 1 aromatic heterocycles. The highest BCUT2D eigenvalue weighted by Crippen LogP contribution is 2.40. The molecule has 1 heterocycles. The minimum atomic E-state index is -0.920. The van der Waals surface area contributed by atoms with E-state index in [4.69, 9.17) is 5.11 Å². The van der Waals surface area contributed by atoms with Crippen molar-refractivity contribution in [1.82, 2.24) is 10.2 Å². The quantitative estimate of drug-likeness (QED) is 0.895. The number of carboxylic acid groups (broad SMARTS) is 1. The third kappa shape index (κ3) is 2.24. The van der Waals surface area contributed by atoms with E-state index in [1.54, 1.807) is 18.2 Å². The van der Waals surface area contributed by atoms with Gasteiger partial charge >= 0.3 is 5.97 Å². The fourth-order valence-electron chi connectivity index (χ4n) is 1.97. The van der Waals surface area contributed by atoms with Crippen LogP contribution in [0.4, 0.5) is 0 Å². The molecule has 1 aromatic carbocycles. The summed E-state index contributed by atoms with van der Waals surface area (Å²) in [5.41, 5.74) is 2.79. The summed E-state index contributed by atoms with van der Waals surface area (Å²) in [5, 5.41) is 16.3. The number of aromatic amines is 1. The number of H-pyrrole nitrogens is 1. The lowest BCUT2D eigenvalue weighted by Gasteiger charge is -2.01. The molecule has 4 nitrogen and oxygen atoms in total. The predicted molar refractivity (Wildman–Crippen MR) is 70.2 cm³/mol. The molecule has 0 bridgehead atoms. The van der Waals surface area contributed by atoms with E-state index in [0.29, 0.717) is 22.7 Å². The van der Waals surface area contributed by atoms with Crippen LogP contribution in [-0.2, 0) is 0 Å². The summed E-state index contributed by atoms with van der Waals surface area (Å²) < 4.78 is 0. The molecule has 0 amide bonds. The molecule has 0 unspecified atom stereocenters. The Morgan fingerprint density at radius 3 is 2.72 bits per heavy atom. The number of hydrogen-bond acceptors (Lipinski definition) is 2. The Morgan fingerprint density at radius 1 is 1.33 bits per heavy atom. The van der Waals surface area contributed by atoms with Gasteiger partial charge < -0.3 is 5.11 Å². The molecule has 1 aliphatic rings. The molecular weight excluding hydrogens is 252 g/mol. The Morgan fingerprint density at radius 2 is 2.06 bits per heavy atom. The second kappa shape index (κ2) is 4.82. The predicted octanol–water partition coefficient (Wildman–Crippen LogP) is 3.07. The Bertz CT molecular complexity index is 576. The minimum absolute atomic E-state index is 0. The SMILES string of the molecule is Cl.O=C(O)c1ccccc1-c1cc(C2CC2)[nH]n1. The molecule has 0 atom stereocenters. The Balaban J connectivity index is 0.00000120. The smallest absolute Gasteiger partial charge is 0.336 e. The Hall–Kier alpha value is -1.81.